The van der Waals surface area contributed by atoms with E-state index in [1.54, 1.807) is 0 Å². The van der Waals surface area contributed by atoms with Crippen molar-refractivity contribution in [3.05, 3.63) is 35.2 Å². The molecular weight excluding hydrogens is 304 g/mol. The fourth-order valence-electron chi connectivity index (χ4n) is 3.63. The van der Waals surface area contributed by atoms with Crippen LogP contribution in [0, 0.1) is 6.92 Å². The predicted molar refractivity (Wildman–Crippen MR) is 89.7 cm³/mol. The topological polar surface area (TPSA) is 70.1 Å². The first-order valence-corrected chi connectivity index (χ1v) is 8.56. The lowest BCUT2D eigenvalue weighted by molar-refractivity contribution is 0.0536. The number of hydrogen-bond acceptors (Lipinski definition) is 4. The number of H-pyrrole nitrogens is 1. The highest BCUT2D eigenvalue weighted by Crippen LogP contribution is 2.41. The highest BCUT2D eigenvalue weighted by atomic mass is 16.2. The Balaban J connectivity index is 1.65. The van der Waals surface area contributed by atoms with Gasteiger partial charge in [-0.15, -0.1) is 10.2 Å². The minimum atomic E-state index is 0.0839. The highest BCUT2D eigenvalue weighted by molar-refractivity contribution is 5.94. The van der Waals surface area contributed by atoms with Crippen molar-refractivity contribution in [1.29, 1.82) is 0 Å². The van der Waals surface area contributed by atoms with Crippen LogP contribution in [-0.4, -0.2) is 62.1 Å². The van der Waals surface area contributed by atoms with Crippen LogP contribution >= 0.6 is 0 Å². The van der Waals surface area contributed by atoms with Crippen LogP contribution in [0.5, 0.6) is 0 Å². The first kappa shape index (κ1) is 15.4. The summed E-state index contributed by atoms with van der Waals surface area (Å²) in [6.07, 6.45) is 4.26. The zero-order valence-electron chi connectivity index (χ0n) is 14.5. The lowest BCUT2D eigenvalue weighted by Crippen LogP contribution is -2.51. The van der Waals surface area contributed by atoms with Crippen molar-refractivity contribution in [3.63, 3.8) is 0 Å². The zero-order valence-corrected chi connectivity index (χ0v) is 14.5. The molecule has 0 spiro atoms. The quantitative estimate of drug-likeness (QED) is 0.920. The number of hydrogen-bond donors (Lipinski definition) is 1. The van der Waals surface area contributed by atoms with E-state index < -0.39 is 0 Å². The summed E-state index contributed by atoms with van der Waals surface area (Å²) >= 11 is 0. The molecule has 0 radical (unpaired) electrons. The molecule has 2 aliphatic rings. The molecule has 1 atom stereocenters. The summed E-state index contributed by atoms with van der Waals surface area (Å²) in [4.78, 5) is 20.5. The SMILES string of the molecule is Cc1nnc2n1CC(CN(C)C)N(C(=O)c1[nH]ccc1C1CC1)C2. The number of amides is 1. The van der Waals surface area contributed by atoms with Gasteiger partial charge in [0.15, 0.2) is 5.82 Å². The molecule has 1 aliphatic carbocycles. The molecule has 3 heterocycles. The second-order valence-electron chi connectivity index (χ2n) is 7.21. The maximum atomic E-state index is 13.2. The number of aryl methyl sites for hydroxylation is 1. The Hall–Kier alpha value is -2.15. The lowest BCUT2D eigenvalue weighted by atomic mass is 10.1. The number of carbonyl (C=O) groups excluding carboxylic acids is 1. The molecule has 1 N–H and O–H groups in total. The van der Waals surface area contributed by atoms with Crippen LogP contribution in [0.1, 0.15) is 46.5 Å². The number of aromatic amines is 1. The maximum absolute atomic E-state index is 13.2. The van der Waals surface area contributed by atoms with Crippen LogP contribution in [0.2, 0.25) is 0 Å². The van der Waals surface area contributed by atoms with E-state index in [2.05, 4.69) is 30.7 Å². The van der Waals surface area contributed by atoms with Gasteiger partial charge in [-0.2, -0.15) is 0 Å². The van der Waals surface area contributed by atoms with Gasteiger partial charge in [-0.25, -0.2) is 0 Å². The van der Waals surface area contributed by atoms with Gasteiger partial charge in [0.2, 0.25) is 0 Å². The number of carbonyl (C=O) groups is 1. The van der Waals surface area contributed by atoms with Crippen LogP contribution in [0.3, 0.4) is 0 Å². The normalized spacial score (nSPS) is 20.5. The Morgan fingerprint density at radius 1 is 1.38 bits per heavy atom. The Morgan fingerprint density at radius 3 is 2.88 bits per heavy atom. The number of fused-ring (bicyclic) bond motifs is 1. The summed E-state index contributed by atoms with van der Waals surface area (Å²) in [5, 5.41) is 8.43. The summed E-state index contributed by atoms with van der Waals surface area (Å²) in [6.45, 7) is 4.05. The average Bonchev–Trinajstić information content (AvgIpc) is 3.17. The number of likely N-dealkylation sites (N-methyl/N-ethyl adjacent to an activating group) is 1. The molecule has 0 aromatic carbocycles. The molecule has 7 heteroatoms. The van der Waals surface area contributed by atoms with Gasteiger partial charge in [0, 0.05) is 19.3 Å². The third-order valence-corrected chi connectivity index (χ3v) is 5.01. The minimum absolute atomic E-state index is 0.0839. The van der Waals surface area contributed by atoms with E-state index in [1.807, 2.05) is 32.1 Å². The van der Waals surface area contributed by atoms with E-state index in [9.17, 15) is 4.79 Å². The van der Waals surface area contributed by atoms with Crippen molar-refractivity contribution < 1.29 is 4.79 Å². The van der Waals surface area contributed by atoms with Gasteiger partial charge in [0.25, 0.3) is 5.91 Å². The van der Waals surface area contributed by atoms with Crippen molar-refractivity contribution >= 4 is 5.91 Å². The number of rotatable bonds is 4. The molecule has 24 heavy (non-hydrogen) atoms. The number of aromatic nitrogens is 4. The summed E-state index contributed by atoms with van der Waals surface area (Å²) in [6, 6.07) is 2.17. The fraction of sp³-hybridized carbons (Fsp3) is 0.588. The lowest BCUT2D eigenvalue weighted by Gasteiger charge is -2.37. The van der Waals surface area contributed by atoms with E-state index in [1.165, 1.54) is 18.4 Å². The first-order valence-electron chi connectivity index (χ1n) is 8.56. The van der Waals surface area contributed by atoms with Crippen LogP contribution in [0.15, 0.2) is 12.3 Å². The van der Waals surface area contributed by atoms with Gasteiger partial charge >= 0.3 is 0 Å². The Morgan fingerprint density at radius 2 is 2.17 bits per heavy atom. The highest BCUT2D eigenvalue weighted by Gasteiger charge is 2.36. The van der Waals surface area contributed by atoms with Crippen LogP contribution < -0.4 is 0 Å². The van der Waals surface area contributed by atoms with E-state index in [0.29, 0.717) is 12.5 Å². The van der Waals surface area contributed by atoms with Crippen molar-refractivity contribution in [3.8, 4) is 0 Å². The maximum Gasteiger partial charge on any atom is 0.271 e. The third kappa shape index (κ3) is 2.62. The molecule has 128 valence electrons. The molecule has 1 aliphatic heterocycles. The molecular formula is C17H24N6O. The Bertz CT molecular complexity index is 757. The zero-order chi connectivity index (χ0) is 16.8. The standard InChI is InChI=1S/C17H24N6O/c1-11-19-20-15-10-23(13(8-21(2)3)9-22(11)15)17(24)16-14(6-7-18-16)12-4-5-12/h6-7,12-13,18H,4-5,8-10H2,1-3H3. The van der Waals surface area contributed by atoms with E-state index in [4.69, 9.17) is 0 Å². The Kier molecular flexibility index (Phi) is 3.68. The van der Waals surface area contributed by atoms with Gasteiger partial charge in [-0.1, -0.05) is 0 Å². The van der Waals surface area contributed by atoms with Crippen molar-refractivity contribution in [2.24, 2.45) is 0 Å². The van der Waals surface area contributed by atoms with Crippen molar-refractivity contribution in [1.82, 2.24) is 29.5 Å². The summed E-state index contributed by atoms with van der Waals surface area (Å²) < 4.78 is 2.13. The predicted octanol–water partition coefficient (Wildman–Crippen LogP) is 1.38. The molecule has 1 saturated carbocycles. The largest absolute Gasteiger partial charge is 0.357 e. The van der Waals surface area contributed by atoms with Gasteiger partial charge < -0.3 is 19.4 Å². The molecule has 2 aromatic heterocycles. The van der Waals surface area contributed by atoms with E-state index in [0.717, 1.165) is 30.4 Å². The molecule has 1 fully saturated rings. The number of nitrogens with zero attached hydrogens (tertiary/aromatic N) is 5. The second kappa shape index (κ2) is 5.73. The average molecular weight is 328 g/mol. The first-order chi connectivity index (χ1) is 11.5. The molecule has 0 bridgehead atoms. The van der Waals surface area contributed by atoms with Crippen LogP contribution in [0.4, 0.5) is 0 Å². The molecule has 1 amide bonds. The van der Waals surface area contributed by atoms with Crippen molar-refractivity contribution in [2.45, 2.75) is 44.8 Å². The Labute approximate surface area is 141 Å². The fourth-order valence-corrected chi connectivity index (χ4v) is 3.63. The second-order valence-corrected chi connectivity index (χ2v) is 7.21. The summed E-state index contributed by atoms with van der Waals surface area (Å²) in [7, 11) is 4.09. The molecule has 1 unspecified atom stereocenters. The van der Waals surface area contributed by atoms with Crippen molar-refractivity contribution in [2.75, 3.05) is 20.6 Å². The monoisotopic (exact) mass is 328 g/mol. The molecule has 4 rings (SSSR count). The minimum Gasteiger partial charge on any atom is -0.357 e. The smallest absolute Gasteiger partial charge is 0.271 e. The van der Waals surface area contributed by atoms with E-state index in [-0.39, 0.29) is 11.9 Å². The molecule has 2 aromatic rings. The van der Waals surface area contributed by atoms with Crippen LogP contribution in [-0.2, 0) is 13.1 Å². The third-order valence-electron chi connectivity index (χ3n) is 5.01. The van der Waals surface area contributed by atoms with Gasteiger partial charge in [0.05, 0.1) is 12.6 Å². The van der Waals surface area contributed by atoms with Gasteiger partial charge in [-0.3, -0.25) is 4.79 Å². The van der Waals surface area contributed by atoms with Gasteiger partial charge in [0.1, 0.15) is 11.5 Å². The molecule has 7 nitrogen and oxygen atoms in total. The number of nitrogens with one attached hydrogen (secondary N) is 1. The van der Waals surface area contributed by atoms with Gasteiger partial charge in [-0.05, 0) is 51.4 Å². The molecule has 0 saturated heterocycles. The summed E-state index contributed by atoms with van der Waals surface area (Å²) in [5.41, 5.74) is 1.93. The van der Waals surface area contributed by atoms with E-state index >= 15 is 0 Å². The summed E-state index contributed by atoms with van der Waals surface area (Å²) in [5.74, 6) is 2.42. The van der Waals surface area contributed by atoms with Crippen LogP contribution in [0.25, 0.3) is 0 Å².